The number of nitrogens with two attached hydrogens (primary N) is 1. The van der Waals surface area contributed by atoms with Crippen molar-refractivity contribution >= 4 is 34.0 Å². The fourth-order valence-electron chi connectivity index (χ4n) is 2.17. The maximum atomic E-state index is 13.0. The van der Waals surface area contributed by atoms with E-state index in [1.807, 2.05) is 6.92 Å². The first-order valence-corrected chi connectivity index (χ1v) is 7.85. The van der Waals surface area contributed by atoms with Gasteiger partial charge in [0.05, 0.1) is 5.02 Å². The van der Waals surface area contributed by atoms with Crippen LogP contribution in [0.15, 0.2) is 23.1 Å². The van der Waals surface area contributed by atoms with Crippen molar-refractivity contribution in [3.05, 3.63) is 29.0 Å². The Balaban J connectivity index is 0.00000200. The molecule has 20 heavy (non-hydrogen) atoms. The van der Waals surface area contributed by atoms with Gasteiger partial charge in [-0.2, -0.15) is 4.31 Å². The molecule has 1 aromatic rings. The molecule has 1 saturated heterocycles. The van der Waals surface area contributed by atoms with Crippen LogP contribution in [0.5, 0.6) is 0 Å². The molecular formula is C12H17Cl2FN2O2S. The van der Waals surface area contributed by atoms with Crippen LogP contribution in [0.1, 0.15) is 13.3 Å². The van der Waals surface area contributed by atoms with Gasteiger partial charge in [-0.1, -0.05) is 18.5 Å². The Hall–Kier alpha value is -0.400. The van der Waals surface area contributed by atoms with Crippen molar-refractivity contribution in [3.63, 3.8) is 0 Å². The fraction of sp³-hybridized carbons (Fsp3) is 0.500. The Kier molecular flexibility index (Phi) is 5.80. The molecule has 0 amide bonds. The topological polar surface area (TPSA) is 63.4 Å². The third-order valence-corrected chi connectivity index (χ3v) is 5.79. The van der Waals surface area contributed by atoms with E-state index in [0.717, 1.165) is 12.1 Å². The first kappa shape index (κ1) is 17.7. The quantitative estimate of drug-likeness (QED) is 0.896. The summed E-state index contributed by atoms with van der Waals surface area (Å²) in [5.41, 5.74) is 5.88. The number of sulfonamides is 1. The van der Waals surface area contributed by atoms with Crippen LogP contribution >= 0.6 is 24.0 Å². The van der Waals surface area contributed by atoms with Gasteiger partial charge in [-0.05, 0) is 30.5 Å². The molecule has 2 atom stereocenters. The number of hydrogen-bond acceptors (Lipinski definition) is 3. The molecule has 0 radical (unpaired) electrons. The first-order valence-electron chi connectivity index (χ1n) is 6.03. The molecule has 114 valence electrons. The maximum absolute atomic E-state index is 13.0. The van der Waals surface area contributed by atoms with Gasteiger partial charge >= 0.3 is 0 Å². The van der Waals surface area contributed by atoms with E-state index in [4.69, 9.17) is 17.3 Å². The Bertz CT molecular complexity index is 583. The molecule has 0 saturated carbocycles. The Morgan fingerprint density at radius 2 is 2.10 bits per heavy atom. The van der Waals surface area contributed by atoms with E-state index in [9.17, 15) is 12.8 Å². The lowest BCUT2D eigenvalue weighted by molar-refractivity contribution is 0.250. The lowest BCUT2D eigenvalue weighted by atomic mass is 9.96. The van der Waals surface area contributed by atoms with Gasteiger partial charge in [-0.15, -0.1) is 12.4 Å². The summed E-state index contributed by atoms with van der Waals surface area (Å²) in [5, 5.41) is -0.0949. The molecule has 0 bridgehead atoms. The predicted octanol–water partition coefficient (Wildman–Crippen LogP) is 2.26. The highest BCUT2D eigenvalue weighted by Gasteiger charge is 2.33. The van der Waals surface area contributed by atoms with Crippen LogP contribution in [0.3, 0.4) is 0 Å². The number of benzene rings is 1. The summed E-state index contributed by atoms with van der Waals surface area (Å²) < 4.78 is 39.2. The molecule has 4 nitrogen and oxygen atoms in total. The summed E-state index contributed by atoms with van der Waals surface area (Å²) >= 11 is 5.83. The number of nitrogens with zero attached hydrogens (tertiary/aromatic N) is 1. The number of halogens is 3. The smallest absolute Gasteiger partial charge is 0.244 e. The van der Waals surface area contributed by atoms with Gasteiger partial charge in [0.1, 0.15) is 10.7 Å². The molecule has 1 aliphatic heterocycles. The van der Waals surface area contributed by atoms with E-state index in [1.54, 1.807) is 0 Å². The zero-order valence-corrected chi connectivity index (χ0v) is 13.3. The number of piperidine rings is 1. The van der Waals surface area contributed by atoms with E-state index in [2.05, 4.69) is 0 Å². The van der Waals surface area contributed by atoms with Crippen LogP contribution in [0.25, 0.3) is 0 Å². The molecule has 1 fully saturated rings. The lowest BCUT2D eigenvalue weighted by Crippen LogP contribution is -2.48. The average Bonchev–Trinajstić information content (AvgIpc) is 2.32. The number of rotatable bonds is 2. The van der Waals surface area contributed by atoms with Crippen molar-refractivity contribution in [2.75, 3.05) is 13.1 Å². The minimum Gasteiger partial charge on any atom is -0.327 e. The van der Waals surface area contributed by atoms with E-state index in [0.29, 0.717) is 19.5 Å². The number of hydrogen-bond donors (Lipinski definition) is 1. The van der Waals surface area contributed by atoms with Crippen LogP contribution in [0.2, 0.25) is 5.02 Å². The van der Waals surface area contributed by atoms with Crippen molar-refractivity contribution < 1.29 is 12.8 Å². The Morgan fingerprint density at radius 3 is 2.65 bits per heavy atom. The van der Waals surface area contributed by atoms with Gasteiger partial charge in [-0.3, -0.25) is 0 Å². The minimum atomic E-state index is -3.69. The zero-order valence-electron chi connectivity index (χ0n) is 10.9. The van der Waals surface area contributed by atoms with E-state index >= 15 is 0 Å². The van der Waals surface area contributed by atoms with Crippen LogP contribution in [-0.4, -0.2) is 31.9 Å². The molecule has 0 spiro atoms. The summed E-state index contributed by atoms with van der Waals surface area (Å²) in [5.74, 6) is -0.472. The van der Waals surface area contributed by atoms with Crippen LogP contribution in [0.4, 0.5) is 4.39 Å². The molecular weight excluding hydrogens is 326 g/mol. The van der Waals surface area contributed by atoms with Crippen molar-refractivity contribution in [3.8, 4) is 0 Å². The Labute approximate surface area is 129 Å². The summed E-state index contributed by atoms with van der Waals surface area (Å²) in [6.45, 7) is 2.64. The minimum absolute atomic E-state index is 0. The Morgan fingerprint density at radius 1 is 1.45 bits per heavy atom. The molecule has 1 aliphatic rings. The summed E-state index contributed by atoms with van der Waals surface area (Å²) in [4.78, 5) is -0.0572. The van der Waals surface area contributed by atoms with Gasteiger partial charge in [0.2, 0.25) is 10.0 Å². The molecule has 0 aromatic heterocycles. The van der Waals surface area contributed by atoms with Gasteiger partial charge in [0, 0.05) is 19.1 Å². The molecule has 2 N–H and O–H groups in total. The second kappa shape index (κ2) is 6.58. The van der Waals surface area contributed by atoms with Gasteiger partial charge in [-0.25, -0.2) is 12.8 Å². The largest absolute Gasteiger partial charge is 0.327 e. The molecule has 2 unspecified atom stereocenters. The van der Waals surface area contributed by atoms with Gasteiger partial charge in [0.25, 0.3) is 0 Å². The third kappa shape index (κ3) is 3.43. The standard InChI is InChI=1S/C12H16ClFN2O2S.ClH/c1-8-7-16(5-4-11(8)15)19(17,18)12-3-2-9(14)6-10(12)13;/h2-3,6,8,11H,4-5,7,15H2,1H3;1H. The zero-order chi connectivity index (χ0) is 14.2. The normalized spacial score (nSPS) is 24.2. The van der Waals surface area contributed by atoms with Crippen molar-refractivity contribution in [2.24, 2.45) is 11.7 Å². The monoisotopic (exact) mass is 342 g/mol. The molecule has 1 heterocycles. The molecule has 8 heteroatoms. The SMILES string of the molecule is CC1CN(S(=O)(=O)c2ccc(F)cc2Cl)CCC1N.Cl. The fourth-order valence-corrected chi connectivity index (χ4v) is 4.23. The van der Waals surface area contributed by atoms with Crippen molar-refractivity contribution in [1.29, 1.82) is 0 Å². The van der Waals surface area contributed by atoms with Crippen LogP contribution < -0.4 is 5.73 Å². The van der Waals surface area contributed by atoms with Gasteiger partial charge in [0.15, 0.2) is 0 Å². The third-order valence-electron chi connectivity index (χ3n) is 3.45. The molecule has 1 aromatic carbocycles. The summed E-state index contributed by atoms with van der Waals surface area (Å²) in [6, 6.07) is 3.31. The molecule has 0 aliphatic carbocycles. The highest BCUT2D eigenvalue weighted by Crippen LogP contribution is 2.28. The average molecular weight is 343 g/mol. The predicted molar refractivity (Wildman–Crippen MR) is 79.2 cm³/mol. The highest BCUT2D eigenvalue weighted by atomic mass is 35.5. The van der Waals surface area contributed by atoms with E-state index in [1.165, 1.54) is 10.4 Å². The van der Waals surface area contributed by atoms with E-state index < -0.39 is 15.8 Å². The van der Waals surface area contributed by atoms with Gasteiger partial charge < -0.3 is 5.73 Å². The molecule has 2 rings (SSSR count). The van der Waals surface area contributed by atoms with E-state index in [-0.39, 0.29) is 34.3 Å². The highest BCUT2D eigenvalue weighted by molar-refractivity contribution is 7.89. The lowest BCUT2D eigenvalue weighted by Gasteiger charge is -2.34. The van der Waals surface area contributed by atoms with Crippen LogP contribution in [0, 0.1) is 11.7 Å². The maximum Gasteiger partial charge on any atom is 0.244 e. The van der Waals surface area contributed by atoms with Crippen LogP contribution in [-0.2, 0) is 10.0 Å². The second-order valence-electron chi connectivity index (χ2n) is 4.87. The summed E-state index contributed by atoms with van der Waals surface area (Å²) in [6.07, 6.45) is 0.610. The van der Waals surface area contributed by atoms with Crippen molar-refractivity contribution in [2.45, 2.75) is 24.3 Å². The second-order valence-corrected chi connectivity index (χ2v) is 7.18. The summed E-state index contributed by atoms with van der Waals surface area (Å²) in [7, 11) is -3.69. The van der Waals surface area contributed by atoms with Crippen molar-refractivity contribution in [1.82, 2.24) is 4.31 Å². The first-order chi connectivity index (χ1) is 8.82.